The molecule has 6 nitrogen and oxygen atoms in total. The molecule has 0 spiro atoms. The lowest BCUT2D eigenvalue weighted by atomic mass is 10.1. The van der Waals surface area contributed by atoms with Crippen molar-refractivity contribution in [2.45, 2.75) is 39.9 Å². The van der Waals surface area contributed by atoms with Crippen molar-refractivity contribution in [1.82, 2.24) is 4.98 Å². The summed E-state index contributed by atoms with van der Waals surface area (Å²) in [6.07, 6.45) is -0.524. The predicted octanol–water partition coefficient (Wildman–Crippen LogP) is 4.63. The zero-order chi connectivity index (χ0) is 20.1. The fourth-order valence-electron chi connectivity index (χ4n) is 2.72. The highest BCUT2D eigenvalue weighted by molar-refractivity contribution is 7.15. The van der Waals surface area contributed by atoms with Gasteiger partial charge in [0, 0.05) is 17.9 Å². The molecule has 2 aromatic heterocycles. The average molecular weight is 401 g/mol. The van der Waals surface area contributed by atoms with Crippen LogP contribution in [-0.2, 0) is 22.6 Å². The molecule has 1 aromatic carbocycles. The molecule has 3 aromatic rings. The summed E-state index contributed by atoms with van der Waals surface area (Å²) in [4.78, 5) is 17.9. The summed E-state index contributed by atoms with van der Waals surface area (Å²) in [7, 11) is 0. The zero-order valence-corrected chi connectivity index (χ0v) is 16.9. The number of hydrogen-bond acceptors (Lipinski definition) is 6. The number of nitrogens with zero attached hydrogens (tertiary/aromatic N) is 1. The topological polar surface area (TPSA) is 81.8 Å². The summed E-state index contributed by atoms with van der Waals surface area (Å²) < 4.78 is 16.8. The minimum absolute atomic E-state index is 0.301. The second-order valence-corrected chi connectivity index (χ2v) is 7.64. The number of ether oxygens (including phenoxy) is 2. The predicted molar refractivity (Wildman–Crippen MR) is 107 cm³/mol. The maximum atomic E-state index is 11.2. The van der Waals surface area contributed by atoms with E-state index >= 15 is 0 Å². The number of carboxylic acids is 1. The molecule has 148 valence electrons. The largest absolute Gasteiger partial charge is 0.487 e. The molecule has 28 heavy (non-hydrogen) atoms. The minimum atomic E-state index is -0.958. The van der Waals surface area contributed by atoms with Crippen LogP contribution in [0.2, 0.25) is 0 Å². The Hall–Kier alpha value is -2.64. The number of oxazole rings is 1. The Morgan fingerprint density at radius 1 is 1.21 bits per heavy atom. The highest BCUT2D eigenvalue weighted by Crippen LogP contribution is 2.29. The summed E-state index contributed by atoms with van der Waals surface area (Å²) in [6, 6.07) is 11.4. The Balaban J connectivity index is 1.61. The van der Waals surface area contributed by atoms with Crippen LogP contribution < -0.4 is 4.74 Å². The van der Waals surface area contributed by atoms with Crippen molar-refractivity contribution in [3.05, 3.63) is 58.3 Å². The van der Waals surface area contributed by atoms with Gasteiger partial charge in [0.25, 0.3) is 0 Å². The smallest absolute Gasteiger partial charge is 0.333 e. The van der Waals surface area contributed by atoms with Crippen LogP contribution >= 0.6 is 11.3 Å². The molecule has 0 unspecified atom stereocenters. The number of benzene rings is 1. The van der Waals surface area contributed by atoms with Crippen LogP contribution in [0.25, 0.3) is 10.8 Å². The third-order valence-electron chi connectivity index (χ3n) is 4.21. The summed E-state index contributed by atoms with van der Waals surface area (Å²) in [5.74, 6) is 1.07. The summed E-state index contributed by atoms with van der Waals surface area (Å²) in [5, 5.41) is 9.18. The van der Waals surface area contributed by atoms with Crippen molar-refractivity contribution in [2.24, 2.45) is 0 Å². The Kier molecular flexibility index (Phi) is 6.49. The van der Waals surface area contributed by atoms with Crippen molar-refractivity contribution in [2.75, 3.05) is 6.61 Å². The van der Waals surface area contributed by atoms with Crippen LogP contribution in [0.3, 0.4) is 0 Å². The third-order valence-corrected chi connectivity index (χ3v) is 5.20. The van der Waals surface area contributed by atoms with Crippen LogP contribution in [0.4, 0.5) is 0 Å². The van der Waals surface area contributed by atoms with Gasteiger partial charge in [-0.05, 0) is 50.6 Å². The van der Waals surface area contributed by atoms with E-state index in [0.717, 1.165) is 21.9 Å². The van der Waals surface area contributed by atoms with E-state index in [9.17, 15) is 9.90 Å². The Bertz CT molecular complexity index is 929. The second kappa shape index (κ2) is 9.03. The highest BCUT2D eigenvalue weighted by Gasteiger charge is 2.18. The fraction of sp³-hybridized carbons (Fsp3) is 0.333. The van der Waals surface area contributed by atoms with Crippen molar-refractivity contribution in [3.8, 4) is 16.5 Å². The van der Waals surface area contributed by atoms with E-state index in [2.05, 4.69) is 4.98 Å². The monoisotopic (exact) mass is 401 g/mol. The molecule has 0 aliphatic carbocycles. The van der Waals surface area contributed by atoms with Crippen molar-refractivity contribution >= 4 is 17.3 Å². The number of hydrogen-bond donors (Lipinski definition) is 1. The highest BCUT2D eigenvalue weighted by atomic mass is 32.1. The number of aryl methyl sites for hydroxylation is 2. The van der Waals surface area contributed by atoms with E-state index in [1.54, 1.807) is 18.3 Å². The summed E-state index contributed by atoms with van der Waals surface area (Å²) >= 11 is 1.64. The van der Waals surface area contributed by atoms with Crippen molar-refractivity contribution in [3.63, 3.8) is 0 Å². The van der Waals surface area contributed by atoms with Gasteiger partial charge in [0.05, 0.1) is 4.88 Å². The van der Waals surface area contributed by atoms with Gasteiger partial charge >= 0.3 is 5.97 Å². The van der Waals surface area contributed by atoms with Gasteiger partial charge < -0.3 is 19.0 Å². The third kappa shape index (κ3) is 4.99. The van der Waals surface area contributed by atoms with Gasteiger partial charge in [0.15, 0.2) is 6.10 Å². The molecule has 0 amide bonds. The van der Waals surface area contributed by atoms with E-state index in [1.165, 1.54) is 4.88 Å². The summed E-state index contributed by atoms with van der Waals surface area (Å²) in [5.41, 5.74) is 1.63. The van der Waals surface area contributed by atoms with Gasteiger partial charge in [-0.3, -0.25) is 0 Å². The lowest BCUT2D eigenvalue weighted by Crippen LogP contribution is -2.26. The minimum Gasteiger partial charge on any atom is -0.487 e. The Morgan fingerprint density at radius 3 is 2.57 bits per heavy atom. The Morgan fingerprint density at radius 2 is 1.96 bits per heavy atom. The lowest BCUT2D eigenvalue weighted by Gasteiger charge is -2.12. The van der Waals surface area contributed by atoms with Gasteiger partial charge in [-0.1, -0.05) is 12.1 Å². The first kappa shape index (κ1) is 20.1. The van der Waals surface area contributed by atoms with Crippen LogP contribution in [-0.4, -0.2) is 28.8 Å². The van der Waals surface area contributed by atoms with Crippen LogP contribution in [0.1, 0.15) is 28.8 Å². The van der Waals surface area contributed by atoms with Crippen LogP contribution in [0.5, 0.6) is 5.75 Å². The Labute approximate surface area is 167 Å². The molecule has 0 saturated carbocycles. The van der Waals surface area contributed by atoms with E-state index in [4.69, 9.17) is 13.9 Å². The molecule has 2 heterocycles. The number of aliphatic carboxylic acids is 1. The molecule has 0 saturated heterocycles. The molecule has 0 aliphatic rings. The number of carboxylic acid groups (broad SMARTS) is 1. The summed E-state index contributed by atoms with van der Waals surface area (Å²) in [6.45, 7) is 6.37. The lowest BCUT2D eigenvalue weighted by molar-refractivity contribution is -0.149. The molecule has 0 radical (unpaired) electrons. The van der Waals surface area contributed by atoms with Crippen molar-refractivity contribution < 1.29 is 23.8 Å². The van der Waals surface area contributed by atoms with E-state index in [1.807, 2.05) is 50.2 Å². The molecular weight excluding hydrogens is 378 g/mol. The number of aromatic nitrogens is 1. The van der Waals surface area contributed by atoms with Gasteiger partial charge in [0.2, 0.25) is 5.89 Å². The molecule has 1 N–H and O–H groups in total. The average Bonchev–Trinajstić information content (AvgIpc) is 3.26. The maximum absolute atomic E-state index is 11.2. The maximum Gasteiger partial charge on any atom is 0.333 e. The van der Waals surface area contributed by atoms with Crippen molar-refractivity contribution in [1.29, 1.82) is 0 Å². The zero-order valence-electron chi connectivity index (χ0n) is 16.1. The van der Waals surface area contributed by atoms with Gasteiger partial charge in [-0.15, -0.1) is 11.3 Å². The molecule has 0 fully saturated rings. The first-order valence-electron chi connectivity index (χ1n) is 9.05. The fourth-order valence-corrected chi connectivity index (χ4v) is 3.52. The number of rotatable bonds is 9. The normalized spacial score (nSPS) is 12.1. The van der Waals surface area contributed by atoms with Gasteiger partial charge in [-0.2, -0.15) is 0 Å². The first-order valence-corrected chi connectivity index (χ1v) is 9.87. The SMILES string of the molecule is CCO[C@H](Cc1ccc(OCc2nc(-c3ccc(C)s3)oc2C)cc1)C(=O)O. The quantitative estimate of drug-likeness (QED) is 0.563. The van der Waals surface area contributed by atoms with Gasteiger partial charge in [-0.25, -0.2) is 9.78 Å². The van der Waals surface area contributed by atoms with Crippen LogP contribution in [0, 0.1) is 13.8 Å². The first-order chi connectivity index (χ1) is 13.5. The second-order valence-electron chi connectivity index (χ2n) is 6.35. The molecular formula is C21H23NO5S. The molecule has 0 bridgehead atoms. The van der Waals surface area contributed by atoms with Crippen LogP contribution in [0.15, 0.2) is 40.8 Å². The molecule has 7 heteroatoms. The number of carbonyl (C=O) groups is 1. The molecule has 3 rings (SSSR count). The van der Waals surface area contributed by atoms with Gasteiger partial charge in [0.1, 0.15) is 23.8 Å². The standard InChI is InChI=1S/C21H23NO5S/c1-4-25-18(21(23)24)11-15-6-8-16(9-7-15)26-12-17-14(3)27-20(22-17)19-10-5-13(2)28-19/h5-10,18H,4,11-12H2,1-3H3,(H,23,24)/t18-/m1/s1. The van der Waals surface area contributed by atoms with E-state index in [0.29, 0.717) is 31.3 Å². The van der Waals surface area contributed by atoms with E-state index < -0.39 is 12.1 Å². The number of thiophene rings is 1. The molecule has 1 atom stereocenters. The molecule has 0 aliphatic heterocycles. The van der Waals surface area contributed by atoms with E-state index in [-0.39, 0.29) is 0 Å².